The van der Waals surface area contributed by atoms with Gasteiger partial charge in [0.15, 0.2) is 5.78 Å². The summed E-state index contributed by atoms with van der Waals surface area (Å²) >= 11 is 0. The molecule has 0 amide bonds. The van der Waals surface area contributed by atoms with Crippen LogP contribution in [0.5, 0.6) is 0 Å². The third-order valence-corrected chi connectivity index (χ3v) is 1.75. The topological polar surface area (TPSA) is 26.3 Å². The number of ketones is 1. The summed E-state index contributed by atoms with van der Waals surface area (Å²) in [6.45, 7) is 11.7. The van der Waals surface area contributed by atoms with E-state index in [-0.39, 0.29) is 23.4 Å². The van der Waals surface area contributed by atoms with Crippen molar-refractivity contribution in [3.05, 3.63) is 0 Å². The van der Waals surface area contributed by atoms with E-state index < -0.39 is 0 Å². The Labute approximate surface area is 81.7 Å². The molecule has 0 saturated heterocycles. The molecular formula is C11H22O2. The number of hydrogen-bond acceptors (Lipinski definition) is 2. The molecule has 0 radical (unpaired) electrons. The van der Waals surface area contributed by atoms with Gasteiger partial charge in [0, 0.05) is 5.92 Å². The number of rotatable bonds is 4. The van der Waals surface area contributed by atoms with Crippen LogP contribution in [0.3, 0.4) is 0 Å². The molecule has 0 spiro atoms. The van der Waals surface area contributed by atoms with Gasteiger partial charge >= 0.3 is 0 Å². The maximum absolute atomic E-state index is 11.6. The molecule has 0 N–H and O–H groups in total. The van der Waals surface area contributed by atoms with Crippen LogP contribution in [-0.2, 0) is 9.53 Å². The first-order valence-electron chi connectivity index (χ1n) is 4.99. The van der Waals surface area contributed by atoms with Crippen molar-refractivity contribution in [3.63, 3.8) is 0 Å². The fraction of sp³-hybridized carbons (Fsp3) is 0.909. The highest BCUT2D eigenvalue weighted by atomic mass is 16.5. The van der Waals surface area contributed by atoms with Crippen molar-refractivity contribution in [2.45, 2.75) is 59.7 Å². The average molecular weight is 186 g/mol. The molecule has 0 aromatic carbocycles. The molecule has 2 heteroatoms. The van der Waals surface area contributed by atoms with Gasteiger partial charge in [0.25, 0.3) is 0 Å². The van der Waals surface area contributed by atoms with Crippen molar-refractivity contribution in [1.29, 1.82) is 0 Å². The molecule has 13 heavy (non-hydrogen) atoms. The molecule has 0 saturated carbocycles. The summed E-state index contributed by atoms with van der Waals surface area (Å²) in [5.41, 5.74) is -0.231. The lowest BCUT2D eigenvalue weighted by atomic mass is 10.0. The van der Waals surface area contributed by atoms with Gasteiger partial charge in [-0.05, 0) is 27.2 Å². The van der Waals surface area contributed by atoms with Gasteiger partial charge in [-0.15, -0.1) is 0 Å². The standard InChI is InChI=1S/C11H22O2/c1-7-9(10(12)8(2)3)13-11(4,5)6/h8-9H,7H2,1-6H3/t9-/m1/s1. The van der Waals surface area contributed by atoms with Crippen LogP contribution in [0.15, 0.2) is 0 Å². The number of carbonyl (C=O) groups is 1. The predicted octanol–water partition coefficient (Wildman–Crippen LogP) is 2.81. The van der Waals surface area contributed by atoms with Gasteiger partial charge in [-0.1, -0.05) is 20.8 Å². The Morgan fingerprint density at radius 1 is 1.31 bits per heavy atom. The SMILES string of the molecule is CC[C@@H](OC(C)(C)C)C(=O)C(C)C. The van der Waals surface area contributed by atoms with E-state index in [1.54, 1.807) is 0 Å². The number of ether oxygens (including phenoxy) is 1. The van der Waals surface area contributed by atoms with Gasteiger partial charge in [-0.3, -0.25) is 4.79 Å². The van der Waals surface area contributed by atoms with Gasteiger partial charge in [0.1, 0.15) is 6.10 Å². The normalized spacial score (nSPS) is 14.7. The second kappa shape index (κ2) is 4.75. The van der Waals surface area contributed by atoms with E-state index in [2.05, 4.69) is 0 Å². The van der Waals surface area contributed by atoms with Crippen LogP contribution in [0, 0.1) is 5.92 Å². The lowest BCUT2D eigenvalue weighted by Crippen LogP contribution is -2.35. The van der Waals surface area contributed by atoms with Crippen LogP contribution < -0.4 is 0 Å². The molecular weight excluding hydrogens is 164 g/mol. The van der Waals surface area contributed by atoms with Crippen LogP contribution in [0.4, 0.5) is 0 Å². The van der Waals surface area contributed by atoms with E-state index in [1.165, 1.54) is 0 Å². The Bertz CT molecular complexity index is 165. The lowest BCUT2D eigenvalue weighted by molar-refractivity contribution is -0.143. The fourth-order valence-electron chi connectivity index (χ4n) is 1.14. The van der Waals surface area contributed by atoms with Gasteiger partial charge in [-0.2, -0.15) is 0 Å². The monoisotopic (exact) mass is 186 g/mol. The molecule has 0 rings (SSSR count). The molecule has 0 aromatic rings. The van der Waals surface area contributed by atoms with Crippen molar-refractivity contribution < 1.29 is 9.53 Å². The molecule has 1 atom stereocenters. The first kappa shape index (κ1) is 12.6. The molecule has 78 valence electrons. The van der Waals surface area contributed by atoms with E-state index in [4.69, 9.17) is 4.74 Å². The average Bonchev–Trinajstić information content (AvgIpc) is 1.97. The third-order valence-electron chi connectivity index (χ3n) is 1.75. The highest BCUT2D eigenvalue weighted by molar-refractivity contribution is 5.84. The van der Waals surface area contributed by atoms with Crippen molar-refractivity contribution in [2.24, 2.45) is 5.92 Å². The first-order chi connectivity index (χ1) is 5.78. The second-order valence-corrected chi connectivity index (χ2v) is 4.68. The largest absolute Gasteiger partial charge is 0.365 e. The summed E-state index contributed by atoms with van der Waals surface area (Å²) in [7, 11) is 0. The quantitative estimate of drug-likeness (QED) is 0.675. The second-order valence-electron chi connectivity index (χ2n) is 4.68. The van der Waals surface area contributed by atoms with Crippen LogP contribution in [0.1, 0.15) is 48.0 Å². The van der Waals surface area contributed by atoms with Crippen LogP contribution in [-0.4, -0.2) is 17.5 Å². The van der Waals surface area contributed by atoms with E-state index >= 15 is 0 Å². The van der Waals surface area contributed by atoms with E-state index in [1.807, 2.05) is 41.5 Å². The zero-order valence-electron chi connectivity index (χ0n) is 9.68. The first-order valence-corrected chi connectivity index (χ1v) is 4.99. The number of hydrogen-bond donors (Lipinski definition) is 0. The summed E-state index contributed by atoms with van der Waals surface area (Å²) < 4.78 is 5.66. The Kier molecular flexibility index (Phi) is 4.62. The molecule has 0 unspecified atom stereocenters. The minimum absolute atomic E-state index is 0.0623. The minimum atomic E-state index is -0.236. The molecule has 0 aliphatic heterocycles. The Balaban J connectivity index is 4.27. The fourth-order valence-corrected chi connectivity index (χ4v) is 1.14. The van der Waals surface area contributed by atoms with Crippen molar-refractivity contribution >= 4 is 5.78 Å². The molecule has 0 bridgehead atoms. The van der Waals surface area contributed by atoms with Gasteiger partial charge in [0.05, 0.1) is 5.60 Å². The summed E-state index contributed by atoms with van der Waals surface area (Å²) in [5.74, 6) is 0.268. The predicted molar refractivity (Wildman–Crippen MR) is 54.8 cm³/mol. The maximum atomic E-state index is 11.6. The molecule has 0 heterocycles. The summed E-state index contributed by atoms with van der Waals surface area (Å²) in [6.07, 6.45) is 0.522. The number of carbonyl (C=O) groups excluding carboxylic acids is 1. The Hall–Kier alpha value is -0.370. The lowest BCUT2D eigenvalue weighted by Gasteiger charge is -2.26. The van der Waals surface area contributed by atoms with Gasteiger partial charge in [-0.25, -0.2) is 0 Å². The molecule has 0 fully saturated rings. The zero-order chi connectivity index (χ0) is 10.6. The molecule has 0 aliphatic rings. The molecule has 2 nitrogen and oxygen atoms in total. The van der Waals surface area contributed by atoms with Crippen molar-refractivity contribution in [3.8, 4) is 0 Å². The molecule has 0 aliphatic carbocycles. The summed E-state index contributed by atoms with van der Waals surface area (Å²) in [4.78, 5) is 11.6. The van der Waals surface area contributed by atoms with Crippen LogP contribution in [0.25, 0.3) is 0 Å². The van der Waals surface area contributed by atoms with Crippen LogP contribution in [0.2, 0.25) is 0 Å². The zero-order valence-corrected chi connectivity index (χ0v) is 9.68. The number of Topliss-reactive ketones (excluding diaryl/α,β-unsaturated/α-hetero) is 1. The van der Waals surface area contributed by atoms with Crippen LogP contribution >= 0.6 is 0 Å². The van der Waals surface area contributed by atoms with Crippen molar-refractivity contribution in [1.82, 2.24) is 0 Å². The van der Waals surface area contributed by atoms with Gasteiger partial charge in [0.2, 0.25) is 0 Å². The van der Waals surface area contributed by atoms with Crippen molar-refractivity contribution in [2.75, 3.05) is 0 Å². The Morgan fingerprint density at radius 2 is 1.77 bits per heavy atom. The summed E-state index contributed by atoms with van der Waals surface area (Å²) in [5, 5.41) is 0. The smallest absolute Gasteiger partial charge is 0.164 e. The highest BCUT2D eigenvalue weighted by Gasteiger charge is 2.25. The third kappa shape index (κ3) is 5.04. The molecule has 0 aromatic heterocycles. The minimum Gasteiger partial charge on any atom is -0.365 e. The Morgan fingerprint density at radius 3 is 2.00 bits per heavy atom. The maximum Gasteiger partial charge on any atom is 0.164 e. The highest BCUT2D eigenvalue weighted by Crippen LogP contribution is 2.16. The van der Waals surface area contributed by atoms with E-state index in [9.17, 15) is 4.79 Å². The van der Waals surface area contributed by atoms with Gasteiger partial charge < -0.3 is 4.74 Å². The van der Waals surface area contributed by atoms with E-state index in [0.717, 1.165) is 6.42 Å². The van der Waals surface area contributed by atoms with E-state index in [0.29, 0.717) is 0 Å². The summed E-state index contributed by atoms with van der Waals surface area (Å²) in [6, 6.07) is 0.